The Kier molecular flexibility index (Phi) is 7.60. The molecule has 1 spiro atoms. The standard InChI is InChI=1S/C53H38N2O/c1-3-16-35(17-4-1)40-22-7-8-25-43(40)49-34-48(54-52(55-49)36-18-5-2-6-19-36)39-21-15-20-37(32-39)38-30-31-47-51(33-38)56-50-29-14-13-28-46(50)53(47)44-26-11-9-23-41(44)42-24-10-12-27-45(42)53/h1-32,34,38,52,54H,33H2. The second kappa shape index (κ2) is 13.1. The number of allylic oxidation sites excluding steroid dienone is 5. The lowest BCUT2D eigenvalue weighted by Crippen LogP contribution is -2.35. The normalized spacial score (nSPS) is 18.4. The molecule has 0 radical (unpaired) electrons. The van der Waals surface area contributed by atoms with E-state index in [9.17, 15) is 0 Å². The van der Waals surface area contributed by atoms with E-state index >= 15 is 0 Å². The highest BCUT2D eigenvalue weighted by atomic mass is 16.5. The predicted molar refractivity (Wildman–Crippen MR) is 228 cm³/mol. The van der Waals surface area contributed by atoms with Crippen molar-refractivity contribution in [3.63, 3.8) is 0 Å². The zero-order valence-electron chi connectivity index (χ0n) is 30.8. The molecule has 0 fully saturated rings. The van der Waals surface area contributed by atoms with Crippen LogP contribution in [0.15, 0.2) is 217 Å². The topological polar surface area (TPSA) is 33.6 Å². The van der Waals surface area contributed by atoms with Crippen LogP contribution >= 0.6 is 0 Å². The molecule has 3 nitrogen and oxygen atoms in total. The molecule has 2 heterocycles. The van der Waals surface area contributed by atoms with Crippen LogP contribution in [-0.4, -0.2) is 5.71 Å². The van der Waals surface area contributed by atoms with Gasteiger partial charge in [-0.3, -0.25) is 4.99 Å². The Balaban J connectivity index is 0.988. The molecule has 0 saturated carbocycles. The molecular weight excluding hydrogens is 681 g/mol. The summed E-state index contributed by atoms with van der Waals surface area (Å²) in [7, 11) is 0. The second-order valence-corrected chi connectivity index (χ2v) is 15.0. The van der Waals surface area contributed by atoms with Crippen LogP contribution in [0.25, 0.3) is 28.0 Å². The van der Waals surface area contributed by atoms with E-state index in [0.29, 0.717) is 0 Å². The van der Waals surface area contributed by atoms with E-state index < -0.39 is 5.41 Å². The van der Waals surface area contributed by atoms with Crippen LogP contribution in [0.1, 0.15) is 57.4 Å². The molecule has 7 aromatic carbocycles. The second-order valence-electron chi connectivity index (χ2n) is 15.0. The fourth-order valence-electron chi connectivity index (χ4n) is 9.46. The summed E-state index contributed by atoms with van der Waals surface area (Å²) in [5.41, 5.74) is 16.2. The first-order valence-corrected chi connectivity index (χ1v) is 19.5. The first-order chi connectivity index (χ1) is 27.8. The van der Waals surface area contributed by atoms with Crippen molar-refractivity contribution in [3.05, 3.63) is 250 Å². The van der Waals surface area contributed by atoms with E-state index in [4.69, 9.17) is 9.73 Å². The Morgan fingerprint density at radius 3 is 1.88 bits per heavy atom. The quantitative estimate of drug-likeness (QED) is 0.192. The highest BCUT2D eigenvalue weighted by Crippen LogP contribution is 2.61. The highest BCUT2D eigenvalue weighted by molar-refractivity contribution is 6.16. The van der Waals surface area contributed by atoms with Gasteiger partial charge in [0.25, 0.3) is 0 Å². The summed E-state index contributed by atoms with van der Waals surface area (Å²) in [6.45, 7) is 0. The monoisotopic (exact) mass is 718 g/mol. The van der Waals surface area contributed by atoms with Crippen LogP contribution in [-0.2, 0) is 5.41 Å². The SMILES string of the molecule is C1=CC(c2cccc(C3=CC(c4ccccc4-c4ccccc4)=NC(c4ccccc4)N3)c2)CC2=C1C1(c3ccccc3O2)c2ccccc2-c2ccccc21. The van der Waals surface area contributed by atoms with Gasteiger partial charge in [0.2, 0.25) is 0 Å². The molecular formula is C53H38N2O. The first-order valence-electron chi connectivity index (χ1n) is 19.5. The molecule has 2 aliphatic carbocycles. The van der Waals surface area contributed by atoms with E-state index in [-0.39, 0.29) is 12.1 Å². The fraction of sp³-hybridized carbons (Fsp3) is 0.0755. The molecule has 0 bridgehead atoms. The van der Waals surface area contributed by atoms with E-state index in [1.807, 2.05) is 0 Å². The zero-order chi connectivity index (χ0) is 37.1. The van der Waals surface area contributed by atoms with Crippen molar-refractivity contribution in [3.8, 4) is 28.0 Å². The van der Waals surface area contributed by atoms with Crippen molar-refractivity contribution in [2.24, 2.45) is 4.99 Å². The molecule has 2 unspecified atom stereocenters. The Labute approximate surface area is 327 Å². The van der Waals surface area contributed by atoms with Crippen LogP contribution in [0, 0.1) is 0 Å². The van der Waals surface area contributed by atoms with E-state index in [1.165, 1.54) is 50.1 Å². The largest absolute Gasteiger partial charge is 0.461 e. The molecule has 266 valence electrons. The molecule has 0 saturated heterocycles. The average Bonchev–Trinajstić information content (AvgIpc) is 3.57. The Bertz CT molecular complexity index is 2750. The van der Waals surface area contributed by atoms with Crippen LogP contribution < -0.4 is 10.1 Å². The van der Waals surface area contributed by atoms with Gasteiger partial charge in [0, 0.05) is 34.7 Å². The smallest absolute Gasteiger partial charge is 0.145 e. The lowest BCUT2D eigenvalue weighted by molar-refractivity contribution is 0.357. The number of ether oxygens (including phenoxy) is 1. The summed E-state index contributed by atoms with van der Waals surface area (Å²) in [5, 5.41) is 3.80. The van der Waals surface area contributed by atoms with Crippen molar-refractivity contribution < 1.29 is 4.74 Å². The molecule has 56 heavy (non-hydrogen) atoms. The number of nitrogens with zero attached hydrogens (tertiary/aromatic N) is 1. The molecule has 2 aliphatic heterocycles. The third kappa shape index (κ3) is 5.08. The third-order valence-corrected chi connectivity index (χ3v) is 12.0. The van der Waals surface area contributed by atoms with Gasteiger partial charge < -0.3 is 10.1 Å². The van der Waals surface area contributed by atoms with Crippen LogP contribution in [0.3, 0.4) is 0 Å². The lowest BCUT2D eigenvalue weighted by atomic mass is 9.64. The Morgan fingerprint density at radius 2 is 1.12 bits per heavy atom. The number of fused-ring (bicyclic) bond motifs is 8. The zero-order valence-corrected chi connectivity index (χ0v) is 30.8. The van der Waals surface area contributed by atoms with Gasteiger partial charge in [-0.25, -0.2) is 0 Å². The summed E-state index contributed by atoms with van der Waals surface area (Å²) in [6.07, 6.45) is 7.52. The number of rotatable bonds is 5. The molecule has 3 heteroatoms. The van der Waals surface area contributed by atoms with E-state index in [2.05, 4.69) is 206 Å². The van der Waals surface area contributed by atoms with Gasteiger partial charge in [-0.1, -0.05) is 182 Å². The summed E-state index contributed by atoms with van der Waals surface area (Å²) >= 11 is 0. The fourth-order valence-corrected chi connectivity index (χ4v) is 9.46. The molecule has 11 rings (SSSR count). The summed E-state index contributed by atoms with van der Waals surface area (Å²) < 4.78 is 6.91. The van der Waals surface area contributed by atoms with Gasteiger partial charge >= 0.3 is 0 Å². The highest BCUT2D eigenvalue weighted by Gasteiger charge is 2.52. The van der Waals surface area contributed by atoms with Gasteiger partial charge in [0.15, 0.2) is 0 Å². The molecule has 7 aromatic rings. The number of nitrogens with one attached hydrogen (secondary N) is 1. The van der Waals surface area contributed by atoms with Gasteiger partial charge in [-0.05, 0) is 68.3 Å². The van der Waals surface area contributed by atoms with E-state index in [0.717, 1.165) is 46.0 Å². The predicted octanol–water partition coefficient (Wildman–Crippen LogP) is 12.2. The third-order valence-electron chi connectivity index (χ3n) is 12.0. The van der Waals surface area contributed by atoms with Crippen molar-refractivity contribution in [1.29, 1.82) is 0 Å². The minimum Gasteiger partial charge on any atom is -0.461 e. The average molecular weight is 719 g/mol. The van der Waals surface area contributed by atoms with E-state index in [1.54, 1.807) is 0 Å². The molecule has 1 N–H and O–H groups in total. The number of aliphatic imine (C=N–C) groups is 1. The summed E-state index contributed by atoms with van der Waals surface area (Å²) in [4.78, 5) is 5.32. The summed E-state index contributed by atoms with van der Waals surface area (Å²) in [6, 6.07) is 65.2. The molecule has 0 aromatic heterocycles. The number of hydrogen-bond donors (Lipinski definition) is 1. The van der Waals surface area contributed by atoms with Crippen LogP contribution in [0.2, 0.25) is 0 Å². The van der Waals surface area contributed by atoms with Crippen molar-refractivity contribution in [2.75, 3.05) is 0 Å². The first kappa shape index (κ1) is 32.5. The van der Waals surface area contributed by atoms with Gasteiger partial charge in [0.05, 0.1) is 11.1 Å². The Hall–Kier alpha value is -6.97. The summed E-state index contributed by atoms with van der Waals surface area (Å²) in [5.74, 6) is 2.12. The Morgan fingerprint density at radius 1 is 0.536 bits per heavy atom. The van der Waals surface area contributed by atoms with Gasteiger partial charge in [0.1, 0.15) is 17.7 Å². The maximum Gasteiger partial charge on any atom is 0.145 e. The van der Waals surface area contributed by atoms with Gasteiger partial charge in [-0.2, -0.15) is 0 Å². The molecule has 2 atom stereocenters. The van der Waals surface area contributed by atoms with Crippen molar-refractivity contribution in [2.45, 2.75) is 23.9 Å². The van der Waals surface area contributed by atoms with Crippen molar-refractivity contribution >= 4 is 11.4 Å². The number of para-hydroxylation sites is 1. The maximum absolute atomic E-state index is 6.91. The minimum atomic E-state index is -0.435. The lowest BCUT2D eigenvalue weighted by Gasteiger charge is -2.42. The maximum atomic E-state index is 6.91. The van der Waals surface area contributed by atoms with Crippen LogP contribution in [0.5, 0.6) is 5.75 Å². The van der Waals surface area contributed by atoms with Crippen molar-refractivity contribution in [1.82, 2.24) is 5.32 Å². The molecule has 0 amide bonds. The number of hydrogen-bond acceptors (Lipinski definition) is 3. The minimum absolute atomic E-state index is 0.143. The molecule has 4 aliphatic rings. The number of benzene rings is 7. The van der Waals surface area contributed by atoms with Crippen LogP contribution in [0.4, 0.5) is 0 Å². The van der Waals surface area contributed by atoms with Gasteiger partial charge in [-0.15, -0.1) is 0 Å².